The van der Waals surface area contributed by atoms with Crippen molar-refractivity contribution in [2.45, 2.75) is 19.5 Å². The van der Waals surface area contributed by atoms with Gasteiger partial charge in [-0.3, -0.25) is 14.8 Å². The molecule has 1 fully saturated rings. The largest absolute Gasteiger partial charge is 0.321 e. The lowest BCUT2D eigenvalue weighted by Gasteiger charge is -2.26. The highest BCUT2D eigenvalue weighted by atomic mass is 35.5. The van der Waals surface area contributed by atoms with Gasteiger partial charge < -0.3 is 10.6 Å². The van der Waals surface area contributed by atoms with Crippen LogP contribution >= 0.6 is 24.2 Å². The lowest BCUT2D eigenvalue weighted by atomic mass is 10.1. The maximum absolute atomic E-state index is 12.6. The van der Waals surface area contributed by atoms with Gasteiger partial charge in [0.15, 0.2) is 5.69 Å². The van der Waals surface area contributed by atoms with Crippen LogP contribution in [0, 0.1) is 0 Å². The predicted octanol–water partition coefficient (Wildman–Crippen LogP) is 2.28. The van der Waals surface area contributed by atoms with Crippen molar-refractivity contribution in [2.24, 2.45) is 0 Å². The molecule has 1 aromatic carbocycles. The van der Waals surface area contributed by atoms with E-state index in [1.165, 1.54) is 17.1 Å². The SMILES string of the molecule is Cl.O=C(Nc1cccc(CN2CCSCC2)c1)c1n[nH]c2c1CNCC2. The Morgan fingerprint density at radius 3 is 3.00 bits per heavy atom. The highest BCUT2D eigenvalue weighted by Gasteiger charge is 2.21. The van der Waals surface area contributed by atoms with Crippen LogP contribution in [0.1, 0.15) is 27.3 Å². The van der Waals surface area contributed by atoms with Crippen molar-refractivity contribution >= 4 is 35.8 Å². The molecule has 2 aliphatic rings. The number of nitrogens with zero attached hydrogens (tertiary/aromatic N) is 2. The molecule has 0 radical (unpaired) electrons. The molecular formula is C18H24ClN5OS. The van der Waals surface area contributed by atoms with Crippen LogP contribution in [0.3, 0.4) is 0 Å². The Balaban J connectivity index is 0.00000196. The summed E-state index contributed by atoms with van der Waals surface area (Å²) < 4.78 is 0. The first kappa shape index (κ1) is 19.2. The van der Waals surface area contributed by atoms with Crippen molar-refractivity contribution in [3.05, 3.63) is 46.8 Å². The summed E-state index contributed by atoms with van der Waals surface area (Å²) in [6.07, 6.45) is 0.888. The second kappa shape index (κ2) is 8.90. The molecule has 8 heteroatoms. The van der Waals surface area contributed by atoms with Crippen molar-refractivity contribution in [3.63, 3.8) is 0 Å². The zero-order valence-electron chi connectivity index (χ0n) is 14.6. The van der Waals surface area contributed by atoms with Gasteiger partial charge >= 0.3 is 0 Å². The number of hydrogen-bond acceptors (Lipinski definition) is 5. The van der Waals surface area contributed by atoms with E-state index in [9.17, 15) is 4.79 Å². The van der Waals surface area contributed by atoms with Crippen LogP contribution in [-0.2, 0) is 19.5 Å². The van der Waals surface area contributed by atoms with Crippen LogP contribution in [0.15, 0.2) is 24.3 Å². The Hall–Kier alpha value is -1.54. The highest BCUT2D eigenvalue weighted by Crippen LogP contribution is 2.19. The molecule has 0 aliphatic carbocycles. The lowest BCUT2D eigenvalue weighted by molar-refractivity contribution is 0.102. The number of amides is 1. The third kappa shape index (κ3) is 4.40. The molecule has 140 valence electrons. The molecule has 1 amide bonds. The number of nitrogens with one attached hydrogen (secondary N) is 3. The molecule has 0 spiro atoms. The normalized spacial score (nSPS) is 17.2. The number of hydrogen-bond donors (Lipinski definition) is 3. The smallest absolute Gasteiger partial charge is 0.276 e. The topological polar surface area (TPSA) is 73.0 Å². The maximum Gasteiger partial charge on any atom is 0.276 e. The minimum atomic E-state index is -0.146. The Bertz CT molecular complexity index is 760. The molecule has 3 N–H and O–H groups in total. The molecule has 26 heavy (non-hydrogen) atoms. The molecule has 1 saturated heterocycles. The predicted molar refractivity (Wildman–Crippen MR) is 108 cm³/mol. The molecule has 3 heterocycles. The number of benzene rings is 1. The Kier molecular flexibility index (Phi) is 6.58. The first-order chi connectivity index (χ1) is 12.3. The van der Waals surface area contributed by atoms with Crippen LogP contribution in [0.25, 0.3) is 0 Å². The first-order valence-electron chi connectivity index (χ1n) is 8.77. The minimum Gasteiger partial charge on any atom is -0.321 e. The van der Waals surface area contributed by atoms with Crippen LogP contribution in [0.2, 0.25) is 0 Å². The molecule has 0 saturated carbocycles. The number of fused-ring (bicyclic) bond motifs is 1. The Morgan fingerprint density at radius 1 is 1.31 bits per heavy atom. The average molecular weight is 394 g/mol. The van der Waals surface area contributed by atoms with E-state index in [-0.39, 0.29) is 18.3 Å². The lowest BCUT2D eigenvalue weighted by Crippen LogP contribution is -2.31. The zero-order valence-corrected chi connectivity index (χ0v) is 16.2. The highest BCUT2D eigenvalue weighted by molar-refractivity contribution is 7.99. The molecular weight excluding hydrogens is 370 g/mol. The van der Waals surface area contributed by atoms with Gasteiger partial charge in [0.2, 0.25) is 0 Å². The van der Waals surface area contributed by atoms with Gasteiger partial charge in [0.1, 0.15) is 0 Å². The molecule has 0 atom stereocenters. The molecule has 4 rings (SSSR count). The first-order valence-corrected chi connectivity index (χ1v) is 9.92. The maximum atomic E-state index is 12.6. The van der Waals surface area contributed by atoms with Crippen LogP contribution in [0.4, 0.5) is 5.69 Å². The van der Waals surface area contributed by atoms with E-state index in [2.05, 4.69) is 37.9 Å². The van der Waals surface area contributed by atoms with Crippen molar-refractivity contribution in [3.8, 4) is 0 Å². The number of H-pyrrole nitrogens is 1. The summed E-state index contributed by atoms with van der Waals surface area (Å²) in [5, 5.41) is 13.5. The van der Waals surface area contributed by atoms with E-state index in [1.807, 2.05) is 23.9 Å². The van der Waals surface area contributed by atoms with Gasteiger partial charge in [-0.05, 0) is 17.7 Å². The second-order valence-corrected chi connectivity index (χ2v) is 7.72. The molecule has 6 nitrogen and oxygen atoms in total. The third-order valence-electron chi connectivity index (χ3n) is 4.72. The van der Waals surface area contributed by atoms with E-state index in [0.29, 0.717) is 12.2 Å². The summed E-state index contributed by atoms with van der Waals surface area (Å²) >= 11 is 2.02. The standard InChI is InChI=1S/C18H23N5OS.ClH/c24-18(17-15-11-19-5-4-16(15)21-22-17)20-14-3-1-2-13(10-14)12-23-6-8-25-9-7-23;/h1-3,10,19H,4-9,11-12H2,(H,20,24)(H,21,22);1H. The monoisotopic (exact) mass is 393 g/mol. The summed E-state index contributed by atoms with van der Waals surface area (Å²) in [6, 6.07) is 8.13. The van der Waals surface area contributed by atoms with Crippen molar-refractivity contribution in [1.29, 1.82) is 0 Å². The molecule has 1 aromatic heterocycles. The molecule has 0 bridgehead atoms. The fraction of sp³-hybridized carbons (Fsp3) is 0.444. The molecule has 2 aliphatic heterocycles. The van der Waals surface area contributed by atoms with Gasteiger partial charge in [-0.2, -0.15) is 16.9 Å². The van der Waals surface area contributed by atoms with E-state index >= 15 is 0 Å². The summed E-state index contributed by atoms with van der Waals surface area (Å²) in [5.41, 5.74) is 4.62. The number of thioether (sulfide) groups is 1. The Labute approximate surface area is 163 Å². The summed E-state index contributed by atoms with van der Waals surface area (Å²) in [7, 11) is 0. The summed E-state index contributed by atoms with van der Waals surface area (Å²) in [5.74, 6) is 2.26. The number of anilines is 1. The quantitative estimate of drug-likeness (QED) is 0.743. The van der Waals surface area contributed by atoms with Crippen molar-refractivity contribution in [2.75, 3.05) is 36.5 Å². The third-order valence-corrected chi connectivity index (χ3v) is 5.66. The fourth-order valence-corrected chi connectivity index (χ4v) is 4.35. The second-order valence-electron chi connectivity index (χ2n) is 6.50. The van der Waals surface area contributed by atoms with E-state index in [4.69, 9.17) is 0 Å². The zero-order chi connectivity index (χ0) is 17.1. The van der Waals surface area contributed by atoms with Gasteiger partial charge in [-0.25, -0.2) is 0 Å². The van der Waals surface area contributed by atoms with Gasteiger partial charge in [0.25, 0.3) is 5.91 Å². The van der Waals surface area contributed by atoms with Crippen LogP contribution in [-0.4, -0.2) is 52.1 Å². The number of halogens is 1. The van der Waals surface area contributed by atoms with Crippen LogP contribution in [0.5, 0.6) is 0 Å². The summed E-state index contributed by atoms with van der Waals surface area (Å²) in [4.78, 5) is 15.1. The van der Waals surface area contributed by atoms with E-state index in [1.54, 1.807) is 0 Å². The number of carbonyl (C=O) groups is 1. The average Bonchev–Trinajstić information content (AvgIpc) is 3.07. The summed E-state index contributed by atoms with van der Waals surface area (Å²) in [6.45, 7) is 4.82. The van der Waals surface area contributed by atoms with Gasteiger partial charge in [-0.15, -0.1) is 12.4 Å². The number of rotatable bonds is 4. The minimum absolute atomic E-state index is 0. The number of aromatic amines is 1. The fourth-order valence-electron chi connectivity index (χ4n) is 3.37. The van der Waals surface area contributed by atoms with Gasteiger partial charge in [-0.1, -0.05) is 12.1 Å². The Morgan fingerprint density at radius 2 is 2.15 bits per heavy atom. The molecule has 2 aromatic rings. The van der Waals surface area contributed by atoms with E-state index < -0.39 is 0 Å². The van der Waals surface area contributed by atoms with Crippen molar-refractivity contribution in [1.82, 2.24) is 20.4 Å². The van der Waals surface area contributed by atoms with Gasteiger partial charge in [0.05, 0.1) is 0 Å². The number of carbonyl (C=O) groups excluding carboxylic acids is 1. The van der Waals surface area contributed by atoms with Crippen molar-refractivity contribution < 1.29 is 4.79 Å². The number of aromatic nitrogens is 2. The van der Waals surface area contributed by atoms with Crippen LogP contribution < -0.4 is 10.6 Å². The molecule has 0 unspecified atom stereocenters. The van der Waals surface area contributed by atoms with Gasteiger partial charge in [0, 0.05) is 67.6 Å². The van der Waals surface area contributed by atoms with E-state index in [0.717, 1.165) is 49.5 Å².